The molecule has 0 radical (unpaired) electrons. The van der Waals surface area contributed by atoms with E-state index in [-0.39, 0.29) is 12.2 Å². The maximum Gasteiger partial charge on any atom is 0.264 e. The van der Waals surface area contributed by atoms with E-state index in [9.17, 15) is 8.42 Å². The van der Waals surface area contributed by atoms with Crippen LogP contribution in [0.3, 0.4) is 0 Å². The molecule has 0 N–H and O–H groups in total. The fourth-order valence-electron chi connectivity index (χ4n) is 2.94. The molecule has 0 saturated carbocycles. The van der Waals surface area contributed by atoms with Crippen LogP contribution in [0.2, 0.25) is 5.02 Å². The van der Waals surface area contributed by atoms with Gasteiger partial charge in [0.2, 0.25) is 0 Å². The molecule has 1 atom stereocenters. The molecule has 1 aromatic rings. The van der Waals surface area contributed by atoms with Gasteiger partial charge >= 0.3 is 0 Å². The summed E-state index contributed by atoms with van der Waals surface area (Å²) in [4.78, 5) is 2.23. The summed E-state index contributed by atoms with van der Waals surface area (Å²) in [5.41, 5.74) is -0.734. The summed E-state index contributed by atoms with van der Waals surface area (Å²) in [5, 5.41) is 0.678. The Kier molecular flexibility index (Phi) is 5.85. The zero-order chi connectivity index (χ0) is 18.0. The van der Waals surface area contributed by atoms with Crippen molar-refractivity contribution in [2.45, 2.75) is 44.8 Å². The summed E-state index contributed by atoms with van der Waals surface area (Å²) in [6.45, 7) is 7.79. The zero-order valence-electron chi connectivity index (χ0n) is 14.7. The molecule has 1 heterocycles. The number of hydrogen-bond donors (Lipinski definition) is 0. The van der Waals surface area contributed by atoms with Gasteiger partial charge in [0.25, 0.3) is 10.1 Å². The summed E-state index contributed by atoms with van der Waals surface area (Å²) in [6.07, 6.45) is 2.99. The first kappa shape index (κ1) is 19.5. The Hall–Kier alpha value is -0.820. The van der Waals surface area contributed by atoms with Crippen LogP contribution in [0.1, 0.15) is 33.6 Å². The molecule has 0 amide bonds. The molecule has 7 heteroatoms. The molecule has 1 aromatic carbocycles. The van der Waals surface area contributed by atoms with Gasteiger partial charge in [0.15, 0.2) is 0 Å². The van der Waals surface area contributed by atoms with Crippen molar-refractivity contribution in [3.63, 3.8) is 0 Å². The van der Waals surface area contributed by atoms with E-state index in [1.807, 2.05) is 38.1 Å². The SMILES string of the molecule is CC1(Oc2ccc(Cl)cc2)CCCN(C(C)(C)COS(C)(=O)=O)C1. The van der Waals surface area contributed by atoms with Crippen LogP contribution in [-0.4, -0.2) is 50.4 Å². The van der Waals surface area contributed by atoms with Gasteiger partial charge in [-0.2, -0.15) is 8.42 Å². The smallest absolute Gasteiger partial charge is 0.264 e. The molecule has 5 nitrogen and oxygen atoms in total. The first-order valence-electron chi connectivity index (χ1n) is 8.03. The van der Waals surface area contributed by atoms with Crippen molar-refractivity contribution in [1.82, 2.24) is 4.90 Å². The van der Waals surface area contributed by atoms with Crippen molar-refractivity contribution >= 4 is 21.7 Å². The first-order chi connectivity index (χ1) is 11.0. The fraction of sp³-hybridized carbons (Fsp3) is 0.647. The van der Waals surface area contributed by atoms with Crippen molar-refractivity contribution in [3.8, 4) is 5.75 Å². The highest BCUT2D eigenvalue weighted by molar-refractivity contribution is 7.85. The Morgan fingerprint density at radius 3 is 2.50 bits per heavy atom. The number of rotatable bonds is 6. The number of ether oxygens (including phenoxy) is 1. The molecule has 1 fully saturated rings. The molecular weight excluding hydrogens is 350 g/mol. The Morgan fingerprint density at radius 1 is 1.29 bits per heavy atom. The maximum absolute atomic E-state index is 11.3. The van der Waals surface area contributed by atoms with Gasteiger partial charge in [0, 0.05) is 17.1 Å². The predicted octanol–water partition coefficient (Wildman–Crippen LogP) is 3.33. The van der Waals surface area contributed by atoms with Gasteiger partial charge in [-0.25, -0.2) is 0 Å². The molecule has 1 unspecified atom stereocenters. The molecule has 1 aliphatic rings. The topological polar surface area (TPSA) is 55.8 Å². The monoisotopic (exact) mass is 375 g/mol. The summed E-state index contributed by atoms with van der Waals surface area (Å²) in [7, 11) is -3.45. The lowest BCUT2D eigenvalue weighted by atomic mass is 9.90. The van der Waals surface area contributed by atoms with Crippen LogP contribution >= 0.6 is 11.6 Å². The minimum Gasteiger partial charge on any atom is -0.486 e. The van der Waals surface area contributed by atoms with Gasteiger partial charge in [-0.1, -0.05) is 11.6 Å². The normalized spacial score (nSPS) is 23.2. The second-order valence-electron chi connectivity index (χ2n) is 7.31. The zero-order valence-corrected chi connectivity index (χ0v) is 16.3. The van der Waals surface area contributed by atoms with E-state index in [2.05, 4.69) is 11.8 Å². The Morgan fingerprint density at radius 2 is 1.92 bits per heavy atom. The van der Waals surface area contributed by atoms with Gasteiger partial charge in [-0.3, -0.25) is 9.08 Å². The number of benzene rings is 1. The minimum atomic E-state index is -3.45. The number of likely N-dealkylation sites (tertiary alicyclic amines) is 1. The Balaban J connectivity index is 2.05. The number of halogens is 1. The van der Waals surface area contributed by atoms with Crippen molar-refractivity contribution in [3.05, 3.63) is 29.3 Å². The first-order valence-corrected chi connectivity index (χ1v) is 10.2. The Bertz CT molecular complexity index is 660. The highest BCUT2D eigenvalue weighted by atomic mass is 35.5. The third kappa shape index (κ3) is 5.62. The van der Waals surface area contributed by atoms with Crippen LogP contribution in [0.5, 0.6) is 5.75 Å². The van der Waals surface area contributed by atoms with Crippen LogP contribution < -0.4 is 4.74 Å². The van der Waals surface area contributed by atoms with Crippen molar-refractivity contribution in [2.75, 3.05) is 26.0 Å². The van der Waals surface area contributed by atoms with Crippen LogP contribution in [0.15, 0.2) is 24.3 Å². The molecule has 24 heavy (non-hydrogen) atoms. The molecule has 1 saturated heterocycles. The third-order valence-corrected chi connectivity index (χ3v) is 5.12. The predicted molar refractivity (Wildman–Crippen MR) is 96.2 cm³/mol. The van der Waals surface area contributed by atoms with Crippen molar-refractivity contribution in [2.24, 2.45) is 0 Å². The Labute approximate surface area is 150 Å². The molecule has 0 bridgehead atoms. The summed E-state index contributed by atoms with van der Waals surface area (Å²) in [5.74, 6) is 0.786. The molecule has 1 aliphatic heterocycles. The second kappa shape index (κ2) is 7.20. The van der Waals surface area contributed by atoms with Crippen molar-refractivity contribution in [1.29, 1.82) is 0 Å². The van der Waals surface area contributed by atoms with Crippen molar-refractivity contribution < 1.29 is 17.3 Å². The summed E-state index contributed by atoms with van der Waals surface area (Å²) >= 11 is 5.92. The maximum atomic E-state index is 11.3. The van der Waals surface area contributed by atoms with Crippen LogP contribution in [-0.2, 0) is 14.3 Å². The van der Waals surface area contributed by atoms with Gasteiger partial charge in [0.1, 0.15) is 11.4 Å². The van der Waals surface area contributed by atoms with E-state index in [1.165, 1.54) is 0 Å². The molecule has 0 aliphatic carbocycles. The molecular formula is C17H26ClNO4S. The number of hydrogen-bond acceptors (Lipinski definition) is 5. The second-order valence-corrected chi connectivity index (χ2v) is 9.39. The molecule has 0 spiro atoms. The third-order valence-electron chi connectivity index (χ3n) is 4.32. The average molecular weight is 376 g/mol. The van der Waals surface area contributed by atoms with E-state index >= 15 is 0 Å². The van der Waals surface area contributed by atoms with Gasteiger partial charge in [0.05, 0.1) is 12.9 Å². The molecule has 0 aromatic heterocycles. The molecule has 136 valence electrons. The number of piperidine rings is 1. The highest BCUT2D eigenvalue weighted by Crippen LogP contribution is 2.31. The van der Waals surface area contributed by atoms with E-state index in [4.69, 9.17) is 20.5 Å². The summed E-state index contributed by atoms with van der Waals surface area (Å²) in [6, 6.07) is 7.35. The lowest BCUT2D eigenvalue weighted by Gasteiger charge is -2.47. The standard InChI is InChI=1S/C17H26ClNO4S/c1-16(2,13-22-24(4,20)21)19-11-5-10-17(3,12-19)23-15-8-6-14(18)7-9-15/h6-9H,5,10-13H2,1-4H3. The van der Waals surface area contributed by atoms with Crippen LogP contribution in [0.25, 0.3) is 0 Å². The van der Waals surface area contributed by atoms with E-state index in [0.717, 1.165) is 31.4 Å². The lowest BCUT2D eigenvalue weighted by Crippen LogP contribution is -2.58. The number of nitrogens with zero attached hydrogens (tertiary/aromatic N) is 1. The minimum absolute atomic E-state index is 0.128. The lowest BCUT2D eigenvalue weighted by molar-refractivity contribution is -0.0431. The van der Waals surface area contributed by atoms with E-state index in [0.29, 0.717) is 11.6 Å². The van der Waals surface area contributed by atoms with Gasteiger partial charge < -0.3 is 4.74 Å². The quantitative estimate of drug-likeness (QED) is 0.714. The van der Waals surface area contributed by atoms with E-state index in [1.54, 1.807) is 0 Å². The van der Waals surface area contributed by atoms with Crippen LogP contribution in [0, 0.1) is 0 Å². The average Bonchev–Trinajstić information content (AvgIpc) is 2.47. The highest BCUT2D eigenvalue weighted by Gasteiger charge is 2.39. The molecule has 2 rings (SSSR count). The van der Waals surface area contributed by atoms with Gasteiger partial charge in [-0.15, -0.1) is 0 Å². The largest absolute Gasteiger partial charge is 0.486 e. The summed E-state index contributed by atoms with van der Waals surface area (Å²) < 4.78 is 33.8. The van der Waals surface area contributed by atoms with E-state index < -0.39 is 15.7 Å². The van der Waals surface area contributed by atoms with Crippen LogP contribution in [0.4, 0.5) is 0 Å². The van der Waals surface area contributed by atoms with Gasteiger partial charge in [-0.05, 0) is 64.4 Å². The fourth-order valence-corrected chi connectivity index (χ4v) is 3.56.